The van der Waals surface area contributed by atoms with Crippen molar-refractivity contribution in [1.82, 2.24) is 0 Å². The fraction of sp³-hybridized carbons (Fsp3) is 0.462. The van der Waals surface area contributed by atoms with E-state index >= 15 is 0 Å². The lowest BCUT2D eigenvalue weighted by atomic mass is 10.1. The minimum absolute atomic E-state index is 0.0545. The quantitative estimate of drug-likeness (QED) is 0.916. The first-order valence-electron chi connectivity index (χ1n) is 5.80. The van der Waals surface area contributed by atoms with Gasteiger partial charge < -0.3 is 10.0 Å². The highest BCUT2D eigenvalue weighted by Gasteiger charge is 2.34. The number of nitriles is 1. The molecule has 0 bridgehead atoms. The van der Waals surface area contributed by atoms with Crippen LogP contribution in [-0.4, -0.2) is 24.3 Å². The topological polar surface area (TPSA) is 47.3 Å². The Labute approximate surface area is 109 Å². The molecule has 0 aliphatic heterocycles. The third kappa shape index (κ3) is 3.61. The Kier molecular flexibility index (Phi) is 4.78. The van der Waals surface area contributed by atoms with Crippen LogP contribution >= 0.6 is 0 Å². The second kappa shape index (κ2) is 5.93. The average molecular weight is 272 g/mol. The molecule has 0 spiro atoms. The van der Waals surface area contributed by atoms with Crippen LogP contribution in [0.4, 0.5) is 18.9 Å². The Hall–Kier alpha value is -1.74. The van der Waals surface area contributed by atoms with Crippen LogP contribution in [0.5, 0.6) is 0 Å². The van der Waals surface area contributed by atoms with E-state index in [1.54, 1.807) is 11.0 Å². The number of alkyl halides is 3. The van der Waals surface area contributed by atoms with Gasteiger partial charge in [0, 0.05) is 18.3 Å². The van der Waals surface area contributed by atoms with Crippen LogP contribution in [0, 0.1) is 11.3 Å². The van der Waals surface area contributed by atoms with Gasteiger partial charge in [0.25, 0.3) is 0 Å². The van der Waals surface area contributed by atoms with Crippen LogP contribution in [0.25, 0.3) is 0 Å². The zero-order chi connectivity index (χ0) is 14.6. The van der Waals surface area contributed by atoms with Crippen LogP contribution in [0.3, 0.4) is 0 Å². The van der Waals surface area contributed by atoms with E-state index < -0.39 is 17.3 Å². The number of rotatable bonds is 4. The molecule has 3 nitrogen and oxygen atoms in total. The second-order valence-electron chi connectivity index (χ2n) is 4.35. The third-order valence-electron chi connectivity index (χ3n) is 2.72. The highest BCUT2D eigenvalue weighted by atomic mass is 19.4. The number of anilines is 1. The molecule has 0 radical (unpaired) electrons. The van der Waals surface area contributed by atoms with Crippen LogP contribution in [0.15, 0.2) is 18.2 Å². The Morgan fingerprint density at radius 3 is 2.42 bits per heavy atom. The normalized spacial score (nSPS) is 11.5. The van der Waals surface area contributed by atoms with Crippen LogP contribution in [0.2, 0.25) is 0 Å². The number of aliphatic hydroxyl groups excluding tert-OH is 1. The average Bonchev–Trinajstić information content (AvgIpc) is 2.33. The fourth-order valence-electron chi connectivity index (χ4n) is 1.84. The molecular formula is C13H15F3N2O. The van der Waals surface area contributed by atoms with Gasteiger partial charge in [-0.25, -0.2) is 0 Å². The molecule has 6 heteroatoms. The van der Waals surface area contributed by atoms with Gasteiger partial charge in [-0.2, -0.15) is 18.4 Å². The second-order valence-corrected chi connectivity index (χ2v) is 4.35. The summed E-state index contributed by atoms with van der Waals surface area (Å²) < 4.78 is 38.5. The van der Waals surface area contributed by atoms with Crippen LogP contribution in [0.1, 0.15) is 25.0 Å². The molecule has 1 rings (SSSR count). The van der Waals surface area contributed by atoms with Crippen molar-refractivity contribution in [3.8, 4) is 6.07 Å². The molecule has 0 atom stereocenters. The van der Waals surface area contributed by atoms with Crippen molar-refractivity contribution in [3.05, 3.63) is 29.3 Å². The maximum Gasteiger partial charge on any atom is 0.417 e. The van der Waals surface area contributed by atoms with E-state index in [0.717, 1.165) is 12.1 Å². The molecule has 0 unspecified atom stereocenters. The molecule has 0 aliphatic rings. The highest BCUT2D eigenvalue weighted by Crippen LogP contribution is 2.34. The Morgan fingerprint density at radius 1 is 1.37 bits per heavy atom. The van der Waals surface area contributed by atoms with Crippen LogP contribution in [-0.2, 0) is 6.18 Å². The lowest BCUT2D eigenvalue weighted by Crippen LogP contribution is -2.33. The van der Waals surface area contributed by atoms with E-state index in [-0.39, 0.29) is 19.2 Å². The summed E-state index contributed by atoms with van der Waals surface area (Å²) in [6.45, 7) is 3.72. The van der Waals surface area contributed by atoms with Gasteiger partial charge in [-0.15, -0.1) is 0 Å². The maximum absolute atomic E-state index is 12.8. The maximum atomic E-state index is 12.8. The third-order valence-corrected chi connectivity index (χ3v) is 2.72. The molecule has 1 N–H and O–H groups in total. The summed E-state index contributed by atoms with van der Waals surface area (Å²) in [5.74, 6) is 0. The van der Waals surface area contributed by atoms with Gasteiger partial charge in [-0.1, -0.05) is 0 Å². The molecule has 1 aromatic rings. The molecule has 0 saturated carbocycles. The first-order valence-corrected chi connectivity index (χ1v) is 5.80. The van der Waals surface area contributed by atoms with Crippen molar-refractivity contribution in [2.24, 2.45) is 0 Å². The predicted octanol–water partition coefficient (Wildman–Crippen LogP) is 2.78. The summed E-state index contributed by atoms with van der Waals surface area (Å²) in [5.41, 5.74) is -1.00. The van der Waals surface area contributed by atoms with Gasteiger partial charge in [0.2, 0.25) is 0 Å². The van der Waals surface area contributed by atoms with Crippen molar-refractivity contribution in [1.29, 1.82) is 5.26 Å². The summed E-state index contributed by atoms with van der Waals surface area (Å²) in [7, 11) is 0. The van der Waals surface area contributed by atoms with Gasteiger partial charge in [-0.05, 0) is 32.0 Å². The van der Waals surface area contributed by atoms with E-state index in [4.69, 9.17) is 10.4 Å². The van der Waals surface area contributed by atoms with E-state index in [9.17, 15) is 13.2 Å². The van der Waals surface area contributed by atoms with Crippen molar-refractivity contribution in [2.75, 3.05) is 18.1 Å². The van der Waals surface area contributed by atoms with E-state index in [1.807, 2.05) is 13.8 Å². The van der Waals surface area contributed by atoms with Gasteiger partial charge >= 0.3 is 6.18 Å². The summed E-state index contributed by atoms with van der Waals surface area (Å²) in [5, 5.41) is 17.7. The number of halogens is 3. The van der Waals surface area contributed by atoms with E-state index in [1.165, 1.54) is 6.07 Å². The molecule has 0 aromatic heterocycles. The molecule has 0 aliphatic carbocycles. The number of benzene rings is 1. The Balaban J connectivity index is 3.28. The Morgan fingerprint density at radius 2 is 2.00 bits per heavy atom. The molecule has 19 heavy (non-hydrogen) atoms. The summed E-state index contributed by atoms with van der Waals surface area (Å²) in [6, 6.07) is 5.06. The molecule has 0 saturated heterocycles. The highest BCUT2D eigenvalue weighted by molar-refractivity contribution is 5.55. The smallest absolute Gasteiger partial charge is 0.395 e. The zero-order valence-electron chi connectivity index (χ0n) is 10.7. The number of nitrogens with zero attached hydrogens (tertiary/aromatic N) is 2. The van der Waals surface area contributed by atoms with E-state index in [0.29, 0.717) is 5.69 Å². The zero-order valence-corrected chi connectivity index (χ0v) is 10.7. The lowest BCUT2D eigenvalue weighted by molar-refractivity contribution is -0.137. The van der Waals surface area contributed by atoms with Gasteiger partial charge in [0.15, 0.2) is 0 Å². The first-order chi connectivity index (χ1) is 8.81. The summed E-state index contributed by atoms with van der Waals surface area (Å²) in [4.78, 5) is 1.65. The minimum atomic E-state index is -4.57. The standard InChI is InChI=1S/C13H15F3N2O/c1-9(2)18(5-6-19)11-4-3-10(8-17)12(7-11)13(14,15)16/h3-4,7,9,19H,5-6H2,1-2H3. The number of hydrogen-bond acceptors (Lipinski definition) is 3. The van der Waals surface area contributed by atoms with Gasteiger partial charge in [0.05, 0.1) is 23.8 Å². The molecule has 0 heterocycles. The van der Waals surface area contributed by atoms with Crippen molar-refractivity contribution < 1.29 is 18.3 Å². The monoisotopic (exact) mass is 272 g/mol. The largest absolute Gasteiger partial charge is 0.417 e. The molecule has 0 fully saturated rings. The molecule has 0 amide bonds. The fourth-order valence-corrected chi connectivity index (χ4v) is 1.84. The molecule has 104 valence electrons. The summed E-state index contributed by atoms with van der Waals surface area (Å²) >= 11 is 0. The minimum Gasteiger partial charge on any atom is -0.395 e. The predicted molar refractivity (Wildman–Crippen MR) is 65.7 cm³/mol. The molecule has 1 aromatic carbocycles. The Bertz CT molecular complexity index is 478. The van der Waals surface area contributed by atoms with Crippen molar-refractivity contribution >= 4 is 5.69 Å². The van der Waals surface area contributed by atoms with Crippen LogP contribution < -0.4 is 4.90 Å². The van der Waals surface area contributed by atoms with E-state index in [2.05, 4.69) is 0 Å². The number of hydrogen-bond donors (Lipinski definition) is 1. The summed E-state index contributed by atoms with van der Waals surface area (Å²) in [6.07, 6.45) is -4.57. The molecular weight excluding hydrogens is 257 g/mol. The lowest BCUT2D eigenvalue weighted by Gasteiger charge is -2.29. The SMILES string of the molecule is CC(C)N(CCO)c1ccc(C#N)c(C(F)(F)F)c1. The van der Waals surface area contributed by atoms with Crippen molar-refractivity contribution in [2.45, 2.75) is 26.1 Å². The number of aliphatic hydroxyl groups is 1. The van der Waals surface area contributed by atoms with Gasteiger partial charge in [0.1, 0.15) is 0 Å². The van der Waals surface area contributed by atoms with Crippen molar-refractivity contribution in [3.63, 3.8) is 0 Å². The van der Waals surface area contributed by atoms with Gasteiger partial charge in [-0.3, -0.25) is 0 Å². The first kappa shape index (κ1) is 15.3.